The Hall–Kier alpha value is -2.54. The molecule has 0 bridgehead atoms. The average molecular weight is 254 g/mol. The van der Waals surface area contributed by atoms with Crippen molar-refractivity contribution < 1.29 is 4.74 Å². The third kappa shape index (κ3) is 2.83. The van der Waals surface area contributed by atoms with Gasteiger partial charge < -0.3 is 9.30 Å². The first-order valence-electron chi connectivity index (χ1n) is 6.06. The van der Waals surface area contributed by atoms with Gasteiger partial charge >= 0.3 is 0 Å². The molecule has 0 fully saturated rings. The molecule has 2 aromatic rings. The number of hydrogen-bond donors (Lipinski definition) is 0. The molecule has 0 radical (unpaired) electrons. The van der Waals surface area contributed by atoms with Crippen LogP contribution in [0.2, 0.25) is 0 Å². The van der Waals surface area contributed by atoms with E-state index in [1.165, 1.54) is 0 Å². The fourth-order valence-corrected chi connectivity index (χ4v) is 1.94. The highest BCUT2D eigenvalue weighted by atomic mass is 16.5. The van der Waals surface area contributed by atoms with Gasteiger partial charge in [-0.05, 0) is 42.8 Å². The maximum Gasteiger partial charge on any atom is 0.250 e. The van der Waals surface area contributed by atoms with Crippen molar-refractivity contribution in [3.63, 3.8) is 0 Å². The van der Waals surface area contributed by atoms with Crippen LogP contribution in [-0.2, 0) is 6.54 Å². The lowest BCUT2D eigenvalue weighted by molar-refractivity contribution is 0.368. The Morgan fingerprint density at radius 1 is 1.21 bits per heavy atom. The van der Waals surface area contributed by atoms with Crippen LogP contribution in [0.4, 0.5) is 0 Å². The van der Waals surface area contributed by atoms with Gasteiger partial charge in [-0.2, -0.15) is 5.26 Å². The topological polar surface area (TPSA) is 55.0 Å². The Kier molecular flexibility index (Phi) is 3.99. The summed E-state index contributed by atoms with van der Waals surface area (Å²) < 4.78 is 6.91. The van der Waals surface area contributed by atoms with E-state index in [9.17, 15) is 4.79 Å². The van der Waals surface area contributed by atoms with Crippen molar-refractivity contribution in [1.29, 1.82) is 5.26 Å². The molecule has 1 aromatic carbocycles. The van der Waals surface area contributed by atoms with Crippen molar-refractivity contribution in [3.8, 4) is 23.1 Å². The lowest BCUT2D eigenvalue weighted by Crippen LogP contribution is -2.19. The first-order valence-corrected chi connectivity index (χ1v) is 6.06. The Balaban J connectivity index is 2.35. The summed E-state index contributed by atoms with van der Waals surface area (Å²) in [5.74, 6) is 0.645. The van der Waals surface area contributed by atoms with Gasteiger partial charge in [-0.3, -0.25) is 4.79 Å². The number of nitriles is 1. The summed E-state index contributed by atoms with van der Waals surface area (Å²) in [6.45, 7) is 2.60. The van der Waals surface area contributed by atoms with Crippen LogP contribution in [0, 0.1) is 11.3 Å². The second-order valence-electron chi connectivity index (χ2n) is 3.96. The maximum absolute atomic E-state index is 11.8. The van der Waals surface area contributed by atoms with Gasteiger partial charge in [-0.15, -0.1) is 0 Å². The predicted molar refractivity (Wildman–Crippen MR) is 72.9 cm³/mol. The van der Waals surface area contributed by atoms with Crippen molar-refractivity contribution in [2.45, 2.75) is 13.5 Å². The van der Waals surface area contributed by atoms with Crippen LogP contribution in [-0.4, -0.2) is 11.2 Å². The SMILES string of the molecule is CCn1c(-c2ccc(OCC#N)cc2)cccc1=O. The van der Waals surface area contributed by atoms with Crippen LogP contribution in [0.25, 0.3) is 11.3 Å². The number of nitrogens with zero attached hydrogens (tertiary/aromatic N) is 2. The van der Waals surface area contributed by atoms with E-state index in [4.69, 9.17) is 10.00 Å². The van der Waals surface area contributed by atoms with E-state index >= 15 is 0 Å². The van der Waals surface area contributed by atoms with Crippen LogP contribution in [0.15, 0.2) is 47.3 Å². The fourth-order valence-electron chi connectivity index (χ4n) is 1.94. The summed E-state index contributed by atoms with van der Waals surface area (Å²) in [6, 6.07) is 14.5. The molecule has 0 spiro atoms. The van der Waals surface area contributed by atoms with Gasteiger partial charge in [0.15, 0.2) is 6.61 Å². The molecule has 0 saturated heterocycles. The van der Waals surface area contributed by atoms with Gasteiger partial charge in [0.2, 0.25) is 0 Å². The van der Waals surface area contributed by atoms with Crippen molar-refractivity contribution in [2.24, 2.45) is 0 Å². The minimum atomic E-state index is -0.00944. The zero-order valence-corrected chi connectivity index (χ0v) is 10.7. The standard InChI is InChI=1S/C15H14N2O2/c1-2-17-14(4-3-5-15(17)18)12-6-8-13(9-7-12)19-11-10-16/h3-9H,2,11H2,1H3. The number of hydrogen-bond acceptors (Lipinski definition) is 3. The van der Waals surface area contributed by atoms with Gasteiger partial charge in [-0.25, -0.2) is 0 Å². The smallest absolute Gasteiger partial charge is 0.250 e. The monoisotopic (exact) mass is 254 g/mol. The molecule has 1 heterocycles. The van der Waals surface area contributed by atoms with E-state index in [1.54, 1.807) is 28.8 Å². The predicted octanol–water partition coefficient (Wildman–Crippen LogP) is 2.44. The summed E-state index contributed by atoms with van der Waals surface area (Å²) >= 11 is 0. The molecule has 96 valence electrons. The maximum atomic E-state index is 11.8. The number of aromatic nitrogens is 1. The number of pyridine rings is 1. The molecule has 4 nitrogen and oxygen atoms in total. The zero-order chi connectivity index (χ0) is 13.7. The Labute approximate surface area is 111 Å². The Bertz CT molecular complexity index is 651. The minimum Gasteiger partial charge on any atom is -0.479 e. The van der Waals surface area contributed by atoms with E-state index in [1.807, 2.05) is 31.2 Å². The molecule has 4 heteroatoms. The molecule has 1 aromatic heterocycles. The first kappa shape index (κ1) is 12.9. The van der Waals surface area contributed by atoms with Crippen LogP contribution in [0.3, 0.4) is 0 Å². The van der Waals surface area contributed by atoms with Gasteiger partial charge in [0.1, 0.15) is 11.8 Å². The molecular formula is C15H14N2O2. The summed E-state index contributed by atoms with van der Waals surface area (Å²) in [5.41, 5.74) is 1.82. The van der Waals surface area contributed by atoms with E-state index < -0.39 is 0 Å². The molecular weight excluding hydrogens is 240 g/mol. The lowest BCUT2D eigenvalue weighted by Gasteiger charge is -2.11. The van der Waals surface area contributed by atoms with Crippen LogP contribution in [0.5, 0.6) is 5.75 Å². The second-order valence-corrected chi connectivity index (χ2v) is 3.96. The zero-order valence-electron chi connectivity index (χ0n) is 10.7. The average Bonchev–Trinajstić information content (AvgIpc) is 2.45. The van der Waals surface area contributed by atoms with Crippen molar-refractivity contribution in [1.82, 2.24) is 4.57 Å². The molecule has 0 atom stereocenters. The van der Waals surface area contributed by atoms with Gasteiger partial charge in [0.05, 0.1) is 5.69 Å². The van der Waals surface area contributed by atoms with Crippen molar-refractivity contribution in [3.05, 3.63) is 52.8 Å². The first-order chi connectivity index (χ1) is 9.26. The summed E-state index contributed by atoms with van der Waals surface area (Å²) in [5, 5.41) is 8.45. The largest absolute Gasteiger partial charge is 0.479 e. The molecule has 0 aliphatic heterocycles. The van der Waals surface area contributed by atoms with Gasteiger partial charge in [0.25, 0.3) is 5.56 Å². The molecule has 0 N–H and O–H groups in total. The molecule has 19 heavy (non-hydrogen) atoms. The number of rotatable bonds is 4. The third-order valence-corrected chi connectivity index (χ3v) is 2.82. The molecule has 2 rings (SSSR count). The molecule has 0 unspecified atom stereocenters. The van der Waals surface area contributed by atoms with Crippen LogP contribution >= 0.6 is 0 Å². The highest BCUT2D eigenvalue weighted by molar-refractivity contribution is 5.60. The summed E-state index contributed by atoms with van der Waals surface area (Å²) in [6.07, 6.45) is 0. The van der Waals surface area contributed by atoms with Crippen molar-refractivity contribution in [2.75, 3.05) is 6.61 Å². The minimum absolute atomic E-state index is 0.00944. The normalized spacial score (nSPS) is 9.89. The summed E-state index contributed by atoms with van der Waals surface area (Å²) in [7, 11) is 0. The van der Waals surface area contributed by atoms with E-state index in [0.29, 0.717) is 12.3 Å². The highest BCUT2D eigenvalue weighted by Gasteiger charge is 2.04. The number of ether oxygens (including phenoxy) is 1. The van der Waals surface area contributed by atoms with Crippen LogP contribution < -0.4 is 10.3 Å². The third-order valence-electron chi connectivity index (χ3n) is 2.82. The molecule has 0 amide bonds. The Morgan fingerprint density at radius 2 is 1.95 bits per heavy atom. The molecule has 0 aliphatic rings. The molecule has 0 aliphatic carbocycles. The summed E-state index contributed by atoms with van der Waals surface area (Å²) in [4.78, 5) is 11.8. The number of benzene rings is 1. The molecule has 0 saturated carbocycles. The van der Waals surface area contributed by atoms with E-state index in [0.717, 1.165) is 11.3 Å². The van der Waals surface area contributed by atoms with E-state index in [2.05, 4.69) is 0 Å². The Morgan fingerprint density at radius 3 is 2.58 bits per heavy atom. The quantitative estimate of drug-likeness (QED) is 0.842. The second kappa shape index (κ2) is 5.87. The highest BCUT2D eigenvalue weighted by Crippen LogP contribution is 2.21. The fraction of sp³-hybridized carbons (Fsp3) is 0.200. The van der Waals surface area contributed by atoms with Crippen molar-refractivity contribution >= 4 is 0 Å². The van der Waals surface area contributed by atoms with Crippen LogP contribution in [0.1, 0.15) is 6.92 Å². The van der Waals surface area contributed by atoms with E-state index in [-0.39, 0.29) is 12.2 Å². The van der Waals surface area contributed by atoms with Gasteiger partial charge in [-0.1, -0.05) is 6.07 Å². The van der Waals surface area contributed by atoms with Gasteiger partial charge in [0, 0.05) is 12.6 Å². The lowest BCUT2D eigenvalue weighted by atomic mass is 10.1.